The minimum absolute atomic E-state index is 0.00794. The summed E-state index contributed by atoms with van der Waals surface area (Å²) in [5.41, 5.74) is 1.11. The van der Waals surface area contributed by atoms with Crippen LogP contribution < -0.4 is 4.90 Å². The van der Waals surface area contributed by atoms with Gasteiger partial charge >= 0.3 is 5.97 Å². The van der Waals surface area contributed by atoms with E-state index in [9.17, 15) is 18.0 Å². The molecule has 1 saturated heterocycles. The number of nitrogens with zero attached hydrogens (tertiary/aromatic N) is 2. The first-order valence-corrected chi connectivity index (χ1v) is 11.3. The summed E-state index contributed by atoms with van der Waals surface area (Å²) < 4.78 is 31.4. The molecular weight excluding hydrogens is 428 g/mol. The van der Waals surface area contributed by atoms with Gasteiger partial charge in [0.25, 0.3) is 0 Å². The average molecular weight is 451 g/mol. The van der Waals surface area contributed by atoms with Crippen LogP contribution in [0.25, 0.3) is 0 Å². The Morgan fingerprint density at radius 3 is 2.30 bits per heavy atom. The first-order chi connectivity index (χ1) is 14.2. The zero-order chi connectivity index (χ0) is 21.9. The van der Waals surface area contributed by atoms with E-state index in [-0.39, 0.29) is 16.2 Å². The molecule has 0 spiro atoms. The smallest absolute Gasteiger partial charge is 0.340 e. The molecule has 1 aliphatic rings. The Labute approximate surface area is 181 Å². The molecule has 0 saturated carbocycles. The highest BCUT2D eigenvalue weighted by Crippen LogP contribution is 2.28. The molecule has 0 radical (unpaired) electrons. The van der Waals surface area contributed by atoms with E-state index in [2.05, 4.69) is 0 Å². The topological polar surface area (TPSA) is 84.0 Å². The van der Waals surface area contributed by atoms with E-state index in [4.69, 9.17) is 16.3 Å². The van der Waals surface area contributed by atoms with Crippen molar-refractivity contribution < 1.29 is 22.7 Å². The number of ketones is 1. The van der Waals surface area contributed by atoms with Crippen molar-refractivity contribution in [1.82, 2.24) is 4.31 Å². The van der Waals surface area contributed by atoms with Crippen LogP contribution in [0.5, 0.6) is 0 Å². The normalized spacial score (nSPS) is 14.2. The third-order valence-corrected chi connectivity index (χ3v) is 6.98. The van der Waals surface area contributed by atoms with Crippen LogP contribution in [0, 0.1) is 0 Å². The quantitative estimate of drug-likeness (QED) is 0.475. The SMILES string of the molecule is CN(C)S(=O)(=O)c1ccc(N2CCCC2)c(C(=O)OCC(=O)c2ccc(Cl)cc2)c1. The summed E-state index contributed by atoms with van der Waals surface area (Å²) in [4.78, 5) is 27.2. The van der Waals surface area contributed by atoms with Crippen molar-refractivity contribution in [3.05, 3.63) is 58.6 Å². The first-order valence-electron chi connectivity index (χ1n) is 9.47. The molecule has 0 aliphatic carbocycles. The van der Waals surface area contributed by atoms with E-state index < -0.39 is 22.6 Å². The Morgan fingerprint density at radius 2 is 1.70 bits per heavy atom. The number of halogens is 1. The highest BCUT2D eigenvalue weighted by Gasteiger charge is 2.25. The molecule has 30 heavy (non-hydrogen) atoms. The number of ether oxygens (including phenoxy) is 1. The number of carbonyl (C=O) groups is 2. The summed E-state index contributed by atoms with van der Waals surface area (Å²) in [6.07, 6.45) is 1.97. The monoisotopic (exact) mass is 450 g/mol. The number of esters is 1. The van der Waals surface area contributed by atoms with Gasteiger partial charge in [-0.3, -0.25) is 4.79 Å². The number of rotatable bonds is 7. The Morgan fingerprint density at radius 1 is 1.07 bits per heavy atom. The molecule has 2 aromatic carbocycles. The zero-order valence-corrected chi connectivity index (χ0v) is 18.4. The fraction of sp³-hybridized carbons (Fsp3) is 0.333. The maximum absolute atomic E-state index is 12.8. The van der Waals surface area contributed by atoms with E-state index in [1.165, 1.54) is 26.2 Å². The van der Waals surface area contributed by atoms with Gasteiger partial charge in [-0.05, 0) is 55.3 Å². The minimum atomic E-state index is -3.72. The first kappa shape index (κ1) is 22.3. The fourth-order valence-corrected chi connectivity index (χ4v) is 4.27. The maximum atomic E-state index is 12.8. The molecule has 9 heteroatoms. The Balaban J connectivity index is 1.86. The van der Waals surface area contributed by atoms with Gasteiger partial charge in [0.2, 0.25) is 10.0 Å². The zero-order valence-electron chi connectivity index (χ0n) is 16.8. The largest absolute Gasteiger partial charge is 0.454 e. The second-order valence-corrected chi connectivity index (χ2v) is 9.76. The average Bonchev–Trinajstić information content (AvgIpc) is 3.26. The summed E-state index contributed by atoms with van der Waals surface area (Å²) in [5.74, 6) is -1.12. The van der Waals surface area contributed by atoms with Gasteiger partial charge in [-0.15, -0.1) is 0 Å². The van der Waals surface area contributed by atoms with E-state index in [1.54, 1.807) is 30.3 Å². The van der Waals surface area contributed by atoms with Gasteiger partial charge in [-0.1, -0.05) is 11.6 Å². The second kappa shape index (κ2) is 9.16. The number of hydrogen-bond donors (Lipinski definition) is 0. The summed E-state index contributed by atoms with van der Waals surface area (Å²) in [7, 11) is -0.878. The Bertz CT molecular complexity index is 1050. The predicted octanol–water partition coefficient (Wildman–Crippen LogP) is 3.23. The lowest BCUT2D eigenvalue weighted by atomic mass is 10.1. The highest BCUT2D eigenvalue weighted by molar-refractivity contribution is 7.89. The van der Waals surface area contributed by atoms with Crippen molar-refractivity contribution in [2.24, 2.45) is 0 Å². The van der Waals surface area contributed by atoms with Crippen molar-refractivity contribution in [1.29, 1.82) is 0 Å². The number of anilines is 1. The molecule has 1 heterocycles. The van der Waals surface area contributed by atoms with Crippen molar-refractivity contribution in [2.75, 3.05) is 38.7 Å². The van der Waals surface area contributed by atoms with Gasteiger partial charge in [0.1, 0.15) is 0 Å². The molecule has 0 amide bonds. The van der Waals surface area contributed by atoms with Crippen molar-refractivity contribution in [2.45, 2.75) is 17.7 Å². The van der Waals surface area contributed by atoms with E-state index in [0.29, 0.717) is 16.3 Å². The molecule has 0 N–H and O–H groups in total. The highest BCUT2D eigenvalue weighted by atomic mass is 35.5. The van der Waals surface area contributed by atoms with Crippen LogP contribution in [-0.4, -0.2) is 58.3 Å². The van der Waals surface area contributed by atoms with Crippen LogP contribution in [0.1, 0.15) is 33.6 Å². The van der Waals surface area contributed by atoms with Gasteiger partial charge < -0.3 is 9.64 Å². The molecule has 3 rings (SSSR count). The van der Waals surface area contributed by atoms with Crippen LogP contribution in [-0.2, 0) is 14.8 Å². The summed E-state index contributed by atoms with van der Waals surface area (Å²) >= 11 is 5.82. The number of Topliss-reactive ketones (excluding diaryl/α,β-unsaturated/α-hetero) is 1. The molecular formula is C21H23ClN2O5S. The number of benzene rings is 2. The third kappa shape index (κ3) is 4.83. The van der Waals surface area contributed by atoms with Crippen molar-refractivity contribution in [3.8, 4) is 0 Å². The van der Waals surface area contributed by atoms with Crippen LogP contribution in [0.2, 0.25) is 5.02 Å². The lowest BCUT2D eigenvalue weighted by Crippen LogP contribution is -2.25. The lowest BCUT2D eigenvalue weighted by molar-refractivity contribution is 0.0475. The molecule has 160 valence electrons. The molecule has 2 aromatic rings. The Kier molecular flexibility index (Phi) is 6.80. The van der Waals surface area contributed by atoms with Crippen LogP contribution >= 0.6 is 11.6 Å². The van der Waals surface area contributed by atoms with Gasteiger partial charge in [0.15, 0.2) is 12.4 Å². The van der Waals surface area contributed by atoms with E-state index in [1.807, 2.05) is 4.90 Å². The summed E-state index contributed by atoms with van der Waals surface area (Å²) in [6, 6.07) is 10.7. The van der Waals surface area contributed by atoms with Gasteiger partial charge in [0.05, 0.1) is 16.1 Å². The standard InChI is InChI=1S/C21H23ClN2O5S/c1-23(2)30(27,28)17-9-10-19(24-11-3-4-12-24)18(13-17)21(26)29-14-20(25)15-5-7-16(22)8-6-15/h5-10,13H,3-4,11-12,14H2,1-2H3. The van der Waals surface area contributed by atoms with E-state index >= 15 is 0 Å². The molecule has 1 fully saturated rings. The maximum Gasteiger partial charge on any atom is 0.340 e. The van der Waals surface area contributed by atoms with E-state index in [0.717, 1.165) is 30.2 Å². The second-order valence-electron chi connectivity index (χ2n) is 7.17. The van der Waals surface area contributed by atoms with Gasteiger partial charge in [0, 0.05) is 37.8 Å². The number of carbonyl (C=O) groups excluding carboxylic acids is 2. The lowest BCUT2D eigenvalue weighted by Gasteiger charge is -2.22. The fourth-order valence-electron chi connectivity index (χ4n) is 3.21. The number of sulfonamides is 1. The molecule has 1 aliphatic heterocycles. The van der Waals surface area contributed by atoms with Crippen molar-refractivity contribution in [3.63, 3.8) is 0 Å². The molecule has 0 bridgehead atoms. The molecule has 7 nitrogen and oxygen atoms in total. The summed E-state index contributed by atoms with van der Waals surface area (Å²) in [6.45, 7) is 1.08. The van der Waals surface area contributed by atoms with Crippen LogP contribution in [0.15, 0.2) is 47.4 Å². The Hall–Kier alpha value is -2.42. The van der Waals surface area contributed by atoms with Gasteiger partial charge in [-0.25, -0.2) is 17.5 Å². The summed E-state index contributed by atoms with van der Waals surface area (Å²) in [5, 5.41) is 0.498. The van der Waals surface area contributed by atoms with Gasteiger partial charge in [-0.2, -0.15) is 0 Å². The van der Waals surface area contributed by atoms with Crippen LogP contribution in [0.4, 0.5) is 5.69 Å². The third-order valence-electron chi connectivity index (χ3n) is 4.91. The number of hydrogen-bond acceptors (Lipinski definition) is 6. The minimum Gasteiger partial charge on any atom is -0.454 e. The van der Waals surface area contributed by atoms with Crippen molar-refractivity contribution >= 4 is 39.1 Å². The predicted molar refractivity (Wildman–Crippen MR) is 115 cm³/mol. The van der Waals surface area contributed by atoms with Crippen LogP contribution in [0.3, 0.4) is 0 Å². The molecule has 0 unspecified atom stereocenters. The molecule has 0 aromatic heterocycles. The molecule has 0 atom stereocenters.